The van der Waals surface area contributed by atoms with Crippen molar-refractivity contribution in [1.29, 1.82) is 0 Å². The molecule has 1 aliphatic heterocycles. The van der Waals surface area contributed by atoms with E-state index in [0.717, 1.165) is 13.1 Å². The van der Waals surface area contributed by atoms with Crippen LogP contribution in [0.5, 0.6) is 0 Å². The van der Waals surface area contributed by atoms with E-state index in [4.69, 9.17) is 5.73 Å². The first-order valence-electron chi connectivity index (χ1n) is 4.83. The van der Waals surface area contributed by atoms with E-state index >= 15 is 0 Å². The second kappa shape index (κ2) is 4.63. The van der Waals surface area contributed by atoms with Crippen molar-refractivity contribution >= 4 is 0 Å². The predicted octanol–water partition coefficient (Wildman–Crippen LogP) is 1.23. The molecule has 70 valence electrons. The van der Waals surface area contributed by atoms with Crippen LogP contribution in [-0.4, -0.2) is 30.6 Å². The smallest absolute Gasteiger partial charge is 0.0160 e. The quantitative estimate of drug-likeness (QED) is 0.642. The van der Waals surface area contributed by atoms with Gasteiger partial charge in [0.15, 0.2) is 0 Å². The van der Waals surface area contributed by atoms with E-state index in [2.05, 4.69) is 18.4 Å². The fraction of sp³-hybridized carbons (Fsp3) is 0.800. The molecule has 2 atom stereocenters. The highest BCUT2D eigenvalue weighted by Crippen LogP contribution is 2.18. The van der Waals surface area contributed by atoms with Crippen molar-refractivity contribution < 1.29 is 0 Å². The van der Waals surface area contributed by atoms with Crippen molar-refractivity contribution in [2.45, 2.75) is 25.8 Å². The Morgan fingerprint density at radius 2 is 2.50 bits per heavy atom. The summed E-state index contributed by atoms with van der Waals surface area (Å²) in [6, 6.07) is 0.345. The molecule has 0 aromatic heterocycles. The van der Waals surface area contributed by atoms with Gasteiger partial charge < -0.3 is 5.73 Å². The van der Waals surface area contributed by atoms with Crippen molar-refractivity contribution in [2.75, 3.05) is 19.6 Å². The maximum atomic E-state index is 5.87. The van der Waals surface area contributed by atoms with E-state index in [-0.39, 0.29) is 0 Å². The van der Waals surface area contributed by atoms with Gasteiger partial charge in [-0.25, -0.2) is 0 Å². The summed E-state index contributed by atoms with van der Waals surface area (Å²) in [6.07, 6.45) is 4.56. The minimum absolute atomic E-state index is 0.345. The molecule has 1 fully saturated rings. The highest BCUT2D eigenvalue weighted by molar-refractivity contribution is 4.82. The summed E-state index contributed by atoms with van der Waals surface area (Å²) >= 11 is 0. The van der Waals surface area contributed by atoms with Crippen LogP contribution in [0.2, 0.25) is 0 Å². The van der Waals surface area contributed by atoms with Crippen LogP contribution >= 0.6 is 0 Å². The van der Waals surface area contributed by atoms with Gasteiger partial charge in [-0.05, 0) is 32.2 Å². The molecule has 2 unspecified atom stereocenters. The summed E-state index contributed by atoms with van der Waals surface area (Å²) in [5.74, 6) is 0.693. The van der Waals surface area contributed by atoms with Crippen LogP contribution in [0.4, 0.5) is 0 Å². The molecule has 1 aliphatic rings. The SMILES string of the molecule is C=CCN1CCCC(C(C)N)C1. The third-order valence-electron chi connectivity index (χ3n) is 2.67. The summed E-state index contributed by atoms with van der Waals surface area (Å²) in [5.41, 5.74) is 5.87. The molecule has 0 aromatic carbocycles. The number of likely N-dealkylation sites (tertiary alicyclic amines) is 1. The highest BCUT2D eigenvalue weighted by Gasteiger charge is 2.21. The van der Waals surface area contributed by atoms with Gasteiger partial charge in [0.05, 0.1) is 0 Å². The van der Waals surface area contributed by atoms with Crippen molar-refractivity contribution in [3.63, 3.8) is 0 Å². The van der Waals surface area contributed by atoms with E-state index in [1.807, 2.05) is 6.08 Å². The van der Waals surface area contributed by atoms with Crippen LogP contribution in [0.3, 0.4) is 0 Å². The Hall–Kier alpha value is -0.340. The zero-order chi connectivity index (χ0) is 8.97. The van der Waals surface area contributed by atoms with Crippen LogP contribution in [0.15, 0.2) is 12.7 Å². The van der Waals surface area contributed by atoms with Crippen LogP contribution in [0.1, 0.15) is 19.8 Å². The fourth-order valence-corrected chi connectivity index (χ4v) is 1.87. The lowest BCUT2D eigenvalue weighted by molar-refractivity contribution is 0.176. The summed E-state index contributed by atoms with van der Waals surface area (Å²) in [7, 11) is 0. The summed E-state index contributed by atoms with van der Waals surface area (Å²) in [6.45, 7) is 9.26. The minimum Gasteiger partial charge on any atom is -0.328 e. The lowest BCUT2D eigenvalue weighted by Crippen LogP contribution is -2.42. The summed E-state index contributed by atoms with van der Waals surface area (Å²) < 4.78 is 0. The Labute approximate surface area is 75.4 Å². The van der Waals surface area contributed by atoms with Crippen LogP contribution < -0.4 is 5.73 Å². The normalized spacial score (nSPS) is 28.3. The lowest BCUT2D eigenvalue weighted by Gasteiger charge is -2.33. The molecular weight excluding hydrogens is 148 g/mol. The number of piperidine rings is 1. The molecule has 0 radical (unpaired) electrons. The zero-order valence-electron chi connectivity index (χ0n) is 8.00. The minimum atomic E-state index is 0.345. The molecule has 1 heterocycles. The molecule has 0 spiro atoms. The first kappa shape index (κ1) is 9.75. The molecule has 2 nitrogen and oxygen atoms in total. The van der Waals surface area contributed by atoms with Crippen molar-refractivity contribution in [3.8, 4) is 0 Å². The molecule has 0 amide bonds. The fourth-order valence-electron chi connectivity index (χ4n) is 1.87. The van der Waals surface area contributed by atoms with E-state index in [9.17, 15) is 0 Å². The monoisotopic (exact) mass is 168 g/mol. The van der Waals surface area contributed by atoms with E-state index in [1.54, 1.807) is 0 Å². The van der Waals surface area contributed by atoms with Gasteiger partial charge in [0.2, 0.25) is 0 Å². The average molecular weight is 168 g/mol. The number of nitrogens with two attached hydrogens (primary N) is 1. The van der Waals surface area contributed by atoms with Crippen molar-refractivity contribution in [3.05, 3.63) is 12.7 Å². The molecule has 1 rings (SSSR count). The molecule has 0 bridgehead atoms. The van der Waals surface area contributed by atoms with E-state index < -0.39 is 0 Å². The van der Waals surface area contributed by atoms with Crippen LogP contribution in [-0.2, 0) is 0 Å². The number of rotatable bonds is 3. The summed E-state index contributed by atoms with van der Waals surface area (Å²) in [4.78, 5) is 2.44. The third-order valence-corrected chi connectivity index (χ3v) is 2.67. The van der Waals surface area contributed by atoms with Gasteiger partial charge in [0.25, 0.3) is 0 Å². The first-order valence-corrected chi connectivity index (χ1v) is 4.83. The maximum Gasteiger partial charge on any atom is 0.0160 e. The number of hydrogen-bond acceptors (Lipinski definition) is 2. The number of nitrogens with zero attached hydrogens (tertiary/aromatic N) is 1. The van der Waals surface area contributed by atoms with Gasteiger partial charge in [-0.3, -0.25) is 4.90 Å². The van der Waals surface area contributed by atoms with Crippen LogP contribution in [0.25, 0.3) is 0 Å². The largest absolute Gasteiger partial charge is 0.328 e. The standard InChI is InChI=1S/C10H20N2/c1-3-6-12-7-4-5-10(8-12)9(2)11/h3,9-10H,1,4-8,11H2,2H3. The van der Waals surface area contributed by atoms with Gasteiger partial charge in [-0.1, -0.05) is 6.08 Å². The molecule has 0 aromatic rings. The second-order valence-electron chi connectivity index (χ2n) is 3.81. The maximum absolute atomic E-state index is 5.87. The first-order chi connectivity index (χ1) is 5.74. The Morgan fingerprint density at radius 3 is 3.08 bits per heavy atom. The van der Waals surface area contributed by atoms with Gasteiger partial charge in [0.1, 0.15) is 0 Å². The van der Waals surface area contributed by atoms with Gasteiger partial charge in [-0.2, -0.15) is 0 Å². The summed E-state index contributed by atoms with van der Waals surface area (Å²) in [5, 5.41) is 0. The van der Waals surface area contributed by atoms with Gasteiger partial charge in [0, 0.05) is 19.1 Å². The molecule has 12 heavy (non-hydrogen) atoms. The topological polar surface area (TPSA) is 29.3 Å². The molecular formula is C10H20N2. The second-order valence-corrected chi connectivity index (χ2v) is 3.81. The van der Waals surface area contributed by atoms with Gasteiger partial charge in [-0.15, -0.1) is 6.58 Å². The van der Waals surface area contributed by atoms with Crippen LogP contribution in [0, 0.1) is 5.92 Å². The highest BCUT2D eigenvalue weighted by atomic mass is 15.1. The molecule has 2 N–H and O–H groups in total. The average Bonchev–Trinajstić information content (AvgIpc) is 2.05. The lowest BCUT2D eigenvalue weighted by atomic mass is 9.92. The third kappa shape index (κ3) is 2.61. The van der Waals surface area contributed by atoms with Crippen molar-refractivity contribution in [2.24, 2.45) is 11.7 Å². The molecule has 0 aliphatic carbocycles. The van der Waals surface area contributed by atoms with Crippen molar-refractivity contribution in [1.82, 2.24) is 4.90 Å². The molecule has 1 saturated heterocycles. The molecule has 2 heteroatoms. The Balaban J connectivity index is 2.34. The number of hydrogen-bond donors (Lipinski definition) is 1. The Kier molecular flexibility index (Phi) is 3.76. The Bertz CT molecular complexity index is 143. The Morgan fingerprint density at radius 1 is 1.75 bits per heavy atom. The zero-order valence-corrected chi connectivity index (χ0v) is 8.00. The van der Waals surface area contributed by atoms with E-state index in [0.29, 0.717) is 12.0 Å². The predicted molar refractivity (Wildman–Crippen MR) is 53.0 cm³/mol. The van der Waals surface area contributed by atoms with Gasteiger partial charge >= 0.3 is 0 Å². The van der Waals surface area contributed by atoms with E-state index in [1.165, 1.54) is 19.4 Å². The molecule has 0 saturated carbocycles.